The molecule has 0 unspecified atom stereocenters. The van der Waals surface area contributed by atoms with Gasteiger partial charge >= 0.3 is 0 Å². The van der Waals surface area contributed by atoms with E-state index in [1.54, 1.807) is 0 Å². The molecule has 0 saturated carbocycles. The molecule has 0 fully saturated rings. The number of nitrogens with one attached hydrogen (secondary N) is 1. The van der Waals surface area contributed by atoms with E-state index in [0.717, 1.165) is 13.1 Å². The van der Waals surface area contributed by atoms with Crippen LogP contribution >= 0.6 is 0 Å². The Morgan fingerprint density at radius 2 is 2.36 bits per heavy atom. The molecule has 0 atom stereocenters. The van der Waals surface area contributed by atoms with Gasteiger partial charge in [0.2, 0.25) is 0 Å². The van der Waals surface area contributed by atoms with Crippen LogP contribution < -0.4 is 5.32 Å². The highest BCUT2D eigenvalue weighted by Crippen LogP contribution is 2.16. The molecule has 1 N–H and O–H groups in total. The Labute approximate surface area is 66.9 Å². The summed E-state index contributed by atoms with van der Waals surface area (Å²) in [5.41, 5.74) is 2.86. The Kier molecular flexibility index (Phi) is 1.46. The highest BCUT2D eigenvalue weighted by molar-refractivity contribution is 5.41. The maximum absolute atomic E-state index is 3.21. The number of allylic oxidation sites excluding steroid dienone is 3. The molecular formula is C9H12N2. The molecule has 0 aromatic heterocycles. The van der Waals surface area contributed by atoms with E-state index in [1.807, 2.05) is 6.20 Å². The molecule has 2 heterocycles. The second-order valence-corrected chi connectivity index (χ2v) is 3.00. The van der Waals surface area contributed by atoms with Crippen LogP contribution in [0.15, 0.2) is 35.7 Å². The molecule has 0 aromatic carbocycles. The maximum Gasteiger partial charge on any atom is 0.0406 e. The summed E-state index contributed by atoms with van der Waals surface area (Å²) >= 11 is 0. The molecule has 0 aliphatic carbocycles. The molecule has 0 aromatic rings. The van der Waals surface area contributed by atoms with Crippen molar-refractivity contribution in [2.24, 2.45) is 0 Å². The van der Waals surface area contributed by atoms with Gasteiger partial charge < -0.3 is 10.2 Å². The first kappa shape index (κ1) is 6.53. The van der Waals surface area contributed by atoms with Crippen LogP contribution in [-0.2, 0) is 0 Å². The van der Waals surface area contributed by atoms with E-state index in [1.165, 1.54) is 11.1 Å². The molecule has 11 heavy (non-hydrogen) atoms. The molecule has 2 aliphatic rings. The zero-order valence-corrected chi connectivity index (χ0v) is 6.67. The van der Waals surface area contributed by atoms with Crippen LogP contribution in [0.3, 0.4) is 0 Å². The first-order chi connectivity index (χ1) is 5.36. The Morgan fingerprint density at radius 1 is 1.45 bits per heavy atom. The van der Waals surface area contributed by atoms with E-state index in [0.29, 0.717) is 0 Å². The summed E-state index contributed by atoms with van der Waals surface area (Å²) in [5, 5.41) is 3.21. The van der Waals surface area contributed by atoms with Gasteiger partial charge in [-0.1, -0.05) is 0 Å². The average Bonchev–Trinajstić information content (AvgIpc) is 2.04. The lowest BCUT2D eigenvalue weighted by Crippen LogP contribution is -2.26. The third-order valence-corrected chi connectivity index (χ3v) is 2.05. The van der Waals surface area contributed by atoms with Crippen molar-refractivity contribution in [2.75, 3.05) is 20.1 Å². The monoisotopic (exact) mass is 148 g/mol. The van der Waals surface area contributed by atoms with Gasteiger partial charge in [0.05, 0.1) is 0 Å². The molecule has 2 aliphatic heterocycles. The van der Waals surface area contributed by atoms with Gasteiger partial charge in [-0.15, -0.1) is 0 Å². The number of likely N-dealkylation sites (N-methyl/N-ethyl adjacent to an activating group) is 1. The minimum atomic E-state index is 1.00. The lowest BCUT2D eigenvalue weighted by molar-refractivity contribution is 0.481. The largest absolute Gasteiger partial charge is 0.387 e. The first-order valence-corrected chi connectivity index (χ1v) is 3.86. The van der Waals surface area contributed by atoms with E-state index in [9.17, 15) is 0 Å². The highest BCUT2D eigenvalue weighted by Gasteiger charge is 2.10. The first-order valence-electron chi connectivity index (χ1n) is 3.86. The maximum atomic E-state index is 3.21. The molecule has 58 valence electrons. The molecule has 0 saturated heterocycles. The summed E-state index contributed by atoms with van der Waals surface area (Å²) in [6.07, 6.45) is 8.42. The third-order valence-electron chi connectivity index (χ3n) is 2.05. The van der Waals surface area contributed by atoms with Crippen LogP contribution in [-0.4, -0.2) is 25.0 Å². The van der Waals surface area contributed by atoms with Crippen LogP contribution in [0.5, 0.6) is 0 Å². The topological polar surface area (TPSA) is 15.3 Å². The molecule has 0 bridgehead atoms. The molecule has 2 rings (SSSR count). The fourth-order valence-corrected chi connectivity index (χ4v) is 1.43. The van der Waals surface area contributed by atoms with Crippen molar-refractivity contribution in [2.45, 2.75) is 0 Å². The molecule has 0 amide bonds. The summed E-state index contributed by atoms with van der Waals surface area (Å²) in [4.78, 5) is 2.19. The number of nitrogens with zero attached hydrogens (tertiary/aromatic N) is 1. The minimum absolute atomic E-state index is 1.00. The van der Waals surface area contributed by atoms with Crippen molar-refractivity contribution in [3.05, 3.63) is 35.7 Å². The van der Waals surface area contributed by atoms with Crippen LogP contribution in [0.2, 0.25) is 0 Å². The van der Waals surface area contributed by atoms with Gasteiger partial charge in [-0.25, -0.2) is 0 Å². The number of hydrogen-bond donors (Lipinski definition) is 1. The summed E-state index contributed by atoms with van der Waals surface area (Å²) in [5.74, 6) is 0. The third kappa shape index (κ3) is 1.16. The number of rotatable bonds is 0. The number of dihydropyridines is 1. The summed E-state index contributed by atoms with van der Waals surface area (Å²) in [6, 6.07) is 0. The van der Waals surface area contributed by atoms with Gasteiger partial charge in [-0.05, 0) is 35.7 Å². The van der Waals surface area contributed by atoms with Gasteiger partial charge in [0.15, 0.2) is 0 Å². The van der Waals surface area contributed by atoms with Crippen molar-refractivity contribution in [1.82, 2.24) is 10.2 Å². The van der Waals surface area contributed by atoms with Crippen molar-refractivity contribution >= 4 is 0 Å². The van der Waals surface area contributed by atoms with Gasteiger partial charge in [0.1, 0.15) is 0 Å². The van der Waals surface area contributed by atoms with Crippen LogP contribution in [0, 0.1) is 0 Å². The molecule has 2 heteroatoms. The standard InChI is InChI=1S/C9H12N2/c1-11-5-3-8-2-4-10-6-9(8)7-11/h2-5,10H,6-7H2,1H3. The average molecular weight is 148 g/mol. The Hall–Kier alpha value is -1.18. The molecule has 2 nitrogen and oxygen atoms in total. The van der Waals surface area contributed by atoms with E-state index in [-0.39, 0.29) is 0 Å². The SMILES string of the molecule is CN1C=CC2=C(CNC=C2)C1. The van der Waals surface area contributed by atoms with Gasteiger partial charge in [0, 0.05) is 20.1 Å². The van der Waals surface area contributed by atoms with Crippen LogP contribution in [0.25, 0.3) is 0 Å². The molecule has 0 spiro atoms. The summed E-state index contributed by atoms with van der Waals surface area (Å²) < 4.78 is 0. The second-order valence-electron chi connectivity index (χ2n) is 3.00. The van der Waals surface area contributed by atoms with Crippen molar-refractivity contribution in [3.63, 3.8) is 0 Å². The van der Waals surface area contributed by atoms with Gasteiger partial charge in [0.25, 0.3) is 0 Å². The zero-order chi connectivity index (χ0) is 7.68. The quantitative estimate of drug-likeness (QED) is 0.548. The second kappa shape index (κ2) is 2.46. The minimum Gasteiger partial charge on any atom is -0.387 e. The molecular weight excluding hydrogens is 136 g/mol. The number of hydrogen-bond acceptors (Lipinski definition) is 2. The Morgan fingerprint density at radius 3 is 3.27 bits per heavy atom. The van der Waals surface area contributed by atoms with Crippen LogP contribution in [0.1, 0.15) is 0 Å². The Balaban J connectivity index is 2.27. The van der Waals surface area contributed by atoms with Gasteiger partial charge in [-0.3, -0.25) is 0 Å². The fourth-order valence-electron chi connectivity index (χ4n) is 1.43. The fraction of sp³-hybridized carbons (Fsp3) is 0.333. The van der Waals surface area contributed by atoms with Crippen molar-refractivity contribution < 1.29 is 0 Å². The zero-order valence-electron chi connectivity index (χ0n) is 6.67. The normalized spacial score (nSPS) is 21.7. The molecule has 0 radical (unpaired) electrons. The van der Waals surface area contributed by atoms with Crippen molar-refractivity contribution in [3.8, 4) is 0 Å². The van der Waals surface area contributed by atoms with E-state index in [2.05, 4.69) is 35.6 Å². The van der Waals surface area contributed by atoms with E-state index in [4.69, 9.17) is 0 Å². The van der Waals surface area contributed by atoms with Gasteiger partial charge in [-0.2, -0.15) is 0 Å². The predicted molar refractivity (Wildman–Crippen MR) is 45.9 cm³/mol. The predicted octanol–water partition coefficient (Wildman–Crippen LogP) is 0.859. The van der Waals surface area contributed by atoms with Crippen LogP contribution in [0.4, 0.5) is 0 Å². The van der Waals surface area contributed by atoms with Crippen molar-refractivity contribution in [1.29, 1.82) is 0 Å². The van der Waals surface area contributed by atoms with E-state index >= 15 is 0 Å². The summed E-state index contributed by atoms with van der Waals surface area (Å²) in [6.45, 7) is 2.06. The lowest BCUT2D eigenvalue weighted by Gasteiger charge is -2.24. The smallest absolute Gasteiger partial charge is 0.0406 e. The summed E-state index contributed by atoms with van der Waals surface area (Å²) in [7, 11) is 2.10. The highest BCUT2D eigenvalue weighted by atomic mass is 15.1. The lowest BCUT2D eigenvalue weighted by atomic mass is 10.0. The Bertz CT molecular complexity index is 248. The van der Waals surface area contributed by atoms with E-state index < -0.39 is 0 Å².